The standard InChI is InChI=1S/C9H4BClF6.C3H5NO/c10-6-3-1-5(2-4-6)7(12,13)8(14,15)9(11,16)17;1-2-3(4)5/h1-4H;2H,1H2,(H2,4,5). The van der Waals surface area contributed by atoms with Gasteiger partial charge in [-0.05, 0) is 17.7 Å². The van der Waals surface area contributed by atoms with E-state index in [1.54, 1.807) is 0 Å². The smallest absolute Gasteiger partial charge is 0.366 e. The molecule has 0 unspecified atom stereocenters. The first-order chi connectivity index (χ1) is 9.77. The van der Waals surface area contributed by atoms with Gasteiger partial charge >= 0.3 is 17.2 Å². The van der Waals surface area contributed by atoms with Gasteiger partial charge in [0.05, 0.1) is 0 Å². The van der Waals surface area contributed by atoms with Crippen LogP contribution in [0, 0.1) is 0 Å². The third-order valence-electron chi connectivity index (χ3n) is 2.22. The molecule has 0 aliphatic rings. The summed E-state index contributed by atoms with van der Waals surface area (Å²) in [7, 11) is 5.16. The number of hydrogen-bond donors (Lipinski definition) is 1. The van der Waals surface area contributed by atoms with Crippen molar-refractivity contribution < 1.29 is 31.1 Å². The fourth-order valence-corrected chi connectivity index (χ4v) is 1.17. The lowest BCUT2D eigenvalue weighted by atomic mass is 9.93. The molecule has 0 aliphatic carbocycles. The summed E-state index contributed by atoms with van der Waals surface area (Å²) >= 11 is 4.00. The molecule has 2 N–H and O–H groups in total. The van der Waals surface area contributed by atoms with E-state index in [2.05, 4.69) is 23.9 Å². The third-order valence-corrected chi connectivity index (χ3v) is 2.46. The molecule has 10 heteroatoms. The molecule has 1 amide bonds. The molecule has 0 saturated carbocycles. The second-order valence-electron chi connectivity index (χ2n) is 3.88. The number of carbonyl (C=O) groups excluding carboxylic acids is 1. The summed E-state index contributed by atoms with van der Waals surface area (Å²) in [5.74, 6) is -11.3. The third kappa shape index (κ3) is 4.69. The Morgan fingerprint density at radius 1 is 1.14 bits per heavy atom. The highest BCUT2D eigenvalue weighted by atomic mass is 35.5. The molecule has 0 fully saturated rings. The molecule has 0 aromatic heterocycles. The van der Waals surface area contributed by atoms with Crippen LogP contribution in [0.4, 0.5) is 26.3 Å². The normalized spacial score (nSPS) is 12.1. The molecular formula is C12H9BClF6NO. The van der Waals surface area contributed by atoms with Crippen molar-refractivity contribution >= 4 is 30.8 Å². The van der Waals surface area contributed by atoms with E-state index in [9.17, 15) is 31.1 Å². The summed E-state index contributed by atoms with van der Waals surface area (Å²) < 4.78 is 76.6. The van der Waals surface area contributed by atoms with E-state index in [1.165, 1.54) is 0 Å². The first-order valence-corrected chi connectivity index (χ1v) is 5.75. The summed E-state index contributed by atoms with van der Waals surface area (Å²) in [6.45, 7) is 3.09. The number of alkyl halides is 7. The van der Waals surface area contributed by atoms with E-state index < -0.39 is 28.7 Å². The van der Waals surface area contributed by atoms with Crippen molar-refractivity contribution in [2.75, 3.05) is 0 Å². The average molecular weight is 343 g/mol. The lowest BCUT2D eigenvalue weighted by Gasteiger charge is -2.29. The maximum atomic E-state index is 13.2. The highest BCUT2D eigenvalue weighted by molar-refractivity contribution is 6.32. The number of primary amides is 1. The molecule has 2 nitrogen and oxygen atoms in total. The van der Waals surface area contributed by atoms with Crippen LogP contribution < -0.4 is 11.2 Å². The summed E-state index contributed by atoms with van der Waals surface area (Å²) in [5, 5.41) is -5.36. The van der Waals surface area contributed by atoms with E-state index in [0.717, 1.165) is 18.2 Å². The van der Waals surface area contributed by atoms with Crippen LogP contribution in [0.3, 0.4) is 0 Å². The van der Waals surface area contributed by atoms with E-state index in [-0.39, 0.29) is 5.46 Å². The second kappa shape index (κ2) is 7.08. The SMILES string of the molecule is C=CC(N)=O.[B]c1ccc(C(F)(F)C(F)(F)C(F)(F)Cl)cc1. The van der Waals surface area contributed by atoms with Crippen molar-refractivity contribution in [3.05, 3.63) is 42.5 Å². The Labute approximate surface area is 128 Å². The highest BCUT2D eigenvalue weighted by Gasteiger charge is 2.71. The summed E-state index contributed by atoms with van der Waals surface area (Å²) in [4.78, 5) is 9.47. The minimum atomic E-state index is -5.71. The lowest BCUT2D eigenvalue weighted by molar-refractivity contribution is -0.286. The molecule has 1 aromatic carbocycles. The van der Waals surface area contributed by atoms with E-state index >= 15 is 0 Å². The molecular weight excluding hydrogens is 334 g/mol. The van der Waals surface area contributed by atoms with Gasteiger partial charge in [0.1, 0.15) is 7.85 Å². The fraction of sp³-hybridized carbons (Fsp3) is 0.250. The average Bonchev–Trinajstić information content (AvgIpc) is 2.38. The predicted octanol–water partition coefficient (Wildman–Crippen LogP) is 2.70. The van der Waals surface area contributed by atoms with Gasteiger partial charge in [0.25, 0.3) is 0 Å². The van der Waals surface area contributed by atoms with Crippen molar-refractivity contribution in [1.29, 1.82) is 0 Å². The zero-order valence-corrected chi connectivity index (χ0v) is 11.6. The van der Waals surface area contributed by atoms with Crippen LogP contribution in [0.1, 0.15) is 5.56 Å². The Kier molecular flexibility index (Phi) is 6.56. The molecule has 22 heavy (non-hydrogen) atoms. The fourth-order valence-electron chi connectivity index (χ4n) is 1.05. The minimum Gasteiger partial charge on any atom is -0.366 e. The Hall–Kier alpha value is -1.64. The van der Waals surface area contributed by atoms with Crippen LogP contribution in [-0.2, 0) is 10.7 Å². The summed E-state index contributed by atoms with van der Waals surface area (Å²) in [5.41, 5.74) is 3.27. The molecule has 0 heterocycles. The maximum absolute atomic E-state index is 13.2. The monoisotopic (exact) mass is 343 g/mol. The Bertz CT molecular complexity index is 529. The van der Waals surface area contributed by atoms with Gasteiger partial charge in [-0.3, -0.25) is 4.79 Å². The summed E-state index contributed by atoms with van der Waals surface area (Å²) in [6, 6.07) is 2.86. The zero-order valence-electron chi connectivity index (χ0n) is 10.8. The van der Waals surface area contributed by atoms with Gasteiger partial charge in [-0.15, -0.1) is 0 Å². The molecule has 0 aliphatic heterocycles. The van der Waals surface area contributed by atoms with Crippen LogP contribution in [0.5, 0.6) is 0 Å². The zero-order chi connectivity index (χ0) is 17.8. The van der Waals surface area contributed by atoms with E-state index in [0.29, 0.717) is 12.1 Å². The first-order valence-electron chi connectivity index (χ1n) is 5.37. The highest BCUT2D eigenvalue weighted by Crippen LogP contribution is 2.52. The maximum Gasteiger partial charge on any atom is 0.390 e. The predicted molar refractivity (Wildman–Crippen MR) is 70.9 cm³/mol. The van der Waals surface area contributed by atoms with Crippen LogP contribution in [0.2, 0.25) is 0 Å². The molecule has 0 saturated heterocycles. The first kappa shape index (κ1) is 20.4. The molecule has 0 atom stereocenters. The number of halogens is 7. The second-order valence-corrected chi connectivity index (χ2v) is 4.35. The number of carbonyl (C=O) groups is 1. The van der Waals surface area contributed by atoms with Crippen LogP contribution in [0.25, 0.3) is 0 Å². The van der Waals surface area contributed by atoms with Gasteiger partial charge in [0.15, 0.2) is 0 Å². The lowest BCUT2D eigenvalue weighted by Crippen LogP contribution is -2.49. The number of hydrogen-bond acceptors (Lipinski definition) is 1. The van der Waals surface area contributed by atoms with Gasteiger partial charge in [0, 0.05) is 5.56 Å². The molecule has 1 rings (SSSR count). The Morgan fingerprint density at radius 3 is 1.77 bits per heavy atom. The van der Waals surface area contributed by atoms with Gasteiger partial charge < -0.3 is 5.73 Å². The molecule has 0 bridgehead atoms. The van der Waals surface area contributed by atoms with Crippen molar-refractivity contribution in [1.82, 2.24) is 0 Å². The van der Waals surface area contributed by atoms with Crippen LogP contribution in [0.15, 0.2) is 36.9 Å². The number of benzene rings is 1. The van der Waals surface area contributed by atoms with E-state index in [4.69, 9.17) is 7.85 Å². The van der Waals surface area contributed by atoms with Crippen molar-refractivity contribution in [2.45, 2.75) is 17.2 Å². The molecule has 0 spiro atoms. The number of amides is 1. The number of nitrogens with two attached hydrogens (primary N) is 1. The van der Waals surface area contributed by atoms with Gasteiger partial charge in [0.2, 0.25) is 5.91 Å². The van der Waals surface area contributed by atoms with Gasteiger partial charge in [-0.2, -0.15) is 26.3 Å². The molecule has 1 aromatic rings. The van der Waals surface area contributed by atoms with Crippen LogP contribution in [-0.4, -0.2) is 25.1 Å². The summed E-state index contributed by atoms with van der Waals surface area (Å²) in [6.07, 6.45) is 1.06. The minimum absolute atomic E-state index is 0.0329. The largest absolute Gasteiger partial charge is 0.390 e. The van der Waals surface area contributed by atoms with Gasteiger partial charge in [-0.1, -0.05) is 36.3 Å². The topological polar surface area (TPSA) is 43.1 Å². The van der Waals surface area contributed by atoms with Gasteiger partial charge in [-0.25, -0.2) is 0 Å². The number of rotatable bonds is 4. The van der Waals surface area contributed by atoms with Crippen molar-refractivity contribution in [2.24, 2.45) is 5.73 Å². The van der Waals surface area contributed by atoms with Crippen LogP contribution >= 0.6 is 11.6 Å². The molecule has 120 valence electrons. The molecule has 2 radical (unpaired) electrons. The quantitative estimate of drug-likeness (QED) is 0.388. The Balaban J connectivity index is 0.000000763. The van der Waals surface area contributed by atoms with E-state index in [1.807, 2.05) is 0 Å². The van der Waals surface area contributed by atoms with Crippen molar-refractivity contribution in [3.63, 3.8) is 0 Å². The Morgan fingerprint density at radius 2 is 1.50 bits per heavy atom. The van der Waals surface area contributed by atoms with Crippen molar-refractivity contribution in [3.8, 4) is 0 Å².